The van der Waals surface area contributed by atoms with E-state index in [-0.39, 0.29) is 28.9 Å². The maximum absolute atomic E-state index is 12.5. The lowest BCUT2D eigenvalue weighted by molar-refractivity contribution is -0.174. The van der Waals surface area contributed by atoms with Crippen molar-refractivity contribution in [3.05, 3.63) is 24.5 Å². The maximum atomic E-state index is 12.5. The molecule has 1 aromatic heterocycles. The molecule has 1 amide bonds. The number of hydrogen-bond donors (Lipinski definition) is 3. The molecule has 0 aromatic carbocycles. The van der Waals surface area contributed by atoms with Gasteiger partial charge in [-0.3, -0.25) is 9.78 Å². The lowest BCUT2D eigenvalue weighted by Gasteiger charge is -2.62. The standard InChI is InChI=1S/C29H44N2O3/c1-18(6-9-26(34)31-20-5-4-14-30-17-20)22-7-8-23-27-24(11-13-29(22,23)3)28(2)12-10-21(32)15-19(28)16-25(27)33/h4-5,14,17-19,21-25,27,32-33H,6-13,15-16H2,1-3H3,(H,31,34)/t18-,19-,21-,22+,23-,24+,25+,27-,28+,29-/m1/s1. The number of fused-ring (bicyclic) bond motifs is 5. The second kappa shape index (κ2) is 9.20. The van der Waals surface area contributed by atoms with Crippen LogP contribution in [0.15, 0.2) is 24.5 Å². The van der Waals surface area contributed by atoms with Gasteiger partial charge in [0.05, 0.1) is 24.1 Å². The molecular weight excluding hydrogens is 424 g/mol. The smallest absolute Gasteiger partial charge is 0.224 e. The van der Waals surface area contributed by atoms with Gasteiger partial charge in [0.2, 0.25) is 5.91 Å². The molecule has 5 heteroatoms. The summed E-state index contributed by atoms with van der Waals surface area (Å²) < 4.78 is 0. The highest BCUT2D eigenvalue weighted by molar-refractivity contribution is 5.90. The molecule has 0 unspecified atom stereocenters. The second-order valence-corrected chi connectivity index (χ2v) is 12.8. The van der Waals surface area contributed by atoms with Crippen molar-refractivity contribution in [1.29, 1.82) is 0 Å². The Bertz CT molecular complexity index is 877. The Morgan fingerprint density at radius 1 is 1.12 bits per heavy atom. The summed E-state index contributed by atoms with van der Waals surface area (Å²) in [5, 5.41) is 24.7. The molecule has 34 heavy (non-hydrogen) atoms. The van der Waals surface area contributed by atoms with Gasteiger partial charge in [-0.25, -0.2) is 0 Å². The number of carbonyl (C=O) groups is 1. The van der Waals surface area contributed by atoms with Crippen molar-refractivity contribution in [3.63, 3.8) is 0 Å². The summed E-state index contributed by atoms with van der Waals surface area (Å²) >= 11 is 0. The van der Waals surface area contributed by atoms with E-state index in [1.54, 1.807) is 12.4 Å². The molecule has 0 aliphatic heterocycles. The summed E-state index contributed by atoms with van der Waals surface area (Å²) in [6, 6.07) is 3.72. The van der Waals surface area contributed by atoms with Crippen LogP contribution in [0, 0.1) is 46.3 Å². The van der Waals surface area contributed by atoms with Crippen molar-refractivity contribution >= 4 is 11.6 Å². The average molecular weight is 469 g/mol. The number of pyridine rings is 1. The van der Waals surface area contributed by atoms with Crippen LogP contribution in [0.4, 0.5) is 5.69 Å². The number of amides is 1. The molecule has 1 heterocycles. The minimum Gasteiger partial charge on any atom is -0.393 e. The van der Waals surface area contributed by atoms with E-state index in [9.17, 15) is 15.0 Å². The molecule has 1 aromatic rings. The second-order valence-electron chi connectivity index (χ2n) is 12.8. The number of anilines is 1. The molecule has 10 atom stereocenters. The minimum atomic E-state index is -0.225. The van der Waals surface area contributed by atoms with Crippen LogP contribution in [0.25, 0.3) is 0 Å². The molecule has 4 fully saturated rings. The van der Waals surface area contributed by atoms with Crippen LogP contribution in [0.3, 0.4) is 0 Å². The third kappa shape index (κ3) is 4.11. The first-order valence-corrected chi connectivity index (χ1v) is 13.8. The molecule has 5 rings (SSSR count). The van der Waals surface area contributed by atoms with E-state index in [1.807, 2.05) is 12.1 Å². The predicted octanol–water partition coefficient (Wildman–Crippen LogP) is 5.43. The molecule has 4 aliphatic rings. The van der Waals surface area contributed by atoms with Gasteiger partial charge in [0.15, 0.2) is 0 Å². The van der Waals surface area contributed by atoms with Crippen LogP contribution < -0.4 is 5.32 Å². The van der Waals surface area contributed by atoms with Crippen LogP contribution in [-0.2, 0) is 4.79 Å². The fraction of sp³-hybridized carbons (Fsp3) is 0.793. The Balaban J connectivity index is 1.25. The Morgan fingerprint density at radius 3 is 2.65 bits per heavy atom. The largest absolute Gasteiger partial charge is 0.393 e. The monoisotopic (exact) mass is 468 g/mol. The first kappa shape index (κ1) is 24.2. The summed E-state index contributed by atoms with van der Waals surface area (Å²) in [5.74, 6) is 3.24. The Labute approximate surface area is 205 Å². The van der Waals surface area contributed by atoms with Crippen LogP contribution >= 0.6 is 0 Å². The average Bonchev–Trinajstić information content (AvgIpc) is 3.16. The minimum absolute atomic E-state index is 0.0735. The Hall–Kier alpha value is -1.46. The molecule has 0 saturated heterocycles. The number of aromatic nitrogens is 1. The third-order valence-electron chi connectivity index (χ3n) is 11.2. The number of carbonyl (C=O) groups excluding carboxylic acids is 1. The van der Waals surface area contributed by atoms with Gasteiger partial charge in [-0.1, -0.05) is 20.8 Å². The van der Waals surface area contributed by atoms with Gasteiger partial charge < -0.3 is 15.5 Å². The normalized spacial score (nSPS) is 44.4. The maximum Gasteiger partial charge on any atom is 0.224 e. The predicted molar refractivity (Wildman–Crippen MR) is 134 cm³/mol. The molecule has 4 saturated carbocycles. The van der Waals surface area contributed by atoms with Gasteiger partial charge in [-0.2, -0.15) is 0 Å². The van der Waals surface area contributed by atoms with E-state index in [0.717, 1.165) is 37.8 Å². The highest BCUT2D eigenvalue weighted by atomic mass is 16.3. The quantitative estimate of drug-likeness (QED) is 0.538. The van der Waals surface area contributed by atoms with E-state index >= 15 is 0 Å². The van der Waals surface area contributed by atoms with Crippen molar-refractivity contribution in [2.75, 3.05) is 5.32 Å². The van der Waals surface area contributed by atoms with Gasteiger partial charge in [0, 0.05) is 12.6 Å². The van der Waals surface area contributed by atoms with Gasteiger partial charge >= 0.3 is 0 Å². The zero-order valence-corrected chi connectivity index (χ0v) is 21.2. The van der Waals surface area contributed by atoms with Gasteiger partial charge in [-0.05, 0) is 116 Å². The summed E-state index contributed by atoms with van der Waals surface area (Å²) in [5.41, 5.74) is 1.30. The highest BCUT2D eigenvalue weighted by Crippen LogP contribution is 2.68. The van der Waals surface area contributed by atoms with Crippen LogP contribution in [0.2, 0.25) is 0 Å². The lowest BCUT2D eigenvalue weighted by Crippen LogP contribution is -2.58. The number of nitrogens with one attached hydrogen (secondary N) is 1. The van der Waals surface area contributed by atoms with E-state index in [0.29, 0.717) is 41.9 Å². The number of nitrogens with zero attached hydrogens (tertiary/aromatic N) is 1. The van der Waals surface area contributed by atoms with E-state index in [4.69, 9.17) is 0 Å². The van der Waals surface area contributed by atoms with E-state index in [2.05, 4.69) is 31.1 Å². The number of aliphatic hydroxyl groups is 2. The molecular formula is C29H44N2O3. The molecule has 0 bridgehead atoms. The van der Waals surface area contributed by atoms with Crippen molar-refractivity contribution in [1.82, 2.24) is 4.98 Å². The highest BCUT2D eigenvalue weighted by Gasteiger charge is 2.62. The molecule has 0 spiro atoms. The van der Waals surface area contributed by atoms with Gasteiger partial charge in [-0.15, -0.1) is 0 Å². The van der Waals surface area contributed by atoms with Crippen LogP contribution in [0.1, 0.15) is 85.0 Å². The summed E-state index contributed by atoms with van der Waals surface area (Å²) in [6.45, 7) is 7.33. The summed E-state index contributed by atoms with van der Waals surface area (Å²) in [4.78, 5) is 16.6. The fourth-order valence-corrected chi connectivity index (χ4v) is 9.40. The Morgan fingerprint density at radius 2 is 1.88 bits per heavy atom. The fourth-order valence-electron chi connectivity index (χ4n) is 9.40. The van der Waals surface area contributed by atoms with Crippen molar-refractivity contribution in [2.24, 2.45) is 46.3 Å². The van der Waals surface area contributed by atoms with Crippen molar-refractivity contribution < 1.29 is 15.0 Å². The number of aliphatic hydroxyl groups excluding tert-OH is 2. The zero-order valence-electron chi connectivity index (χ0n) is 21.2. The first-order chi connectivity index (χ1) is 16.2. The summed E-state index contributed by atoms with van der Waals surface area (Å²) in [6.07, 6.45) is 13.1. The molecule has 0 radical (unpaired) electrons. The van der Waals surface area contributed by atoms with E-state index in [1.165, 1.54) is 25.7 Å². The lowest BCUT2D eigenvalue weighted by atomic mass is 9.43. The van der Waals surface area contributed by atoms with Gasteiger partial charge in [0.25, 0.3) is 0 Å². The SMILES string of the molecule is C[C@H](CCC(=O)Nc1cccnc1)[C@@H]1CC[C@@H]2[C@H]3[C@@H](O)C[C@H]4C[C@H](O)CC[C@]4(C)[C@H]3CC[C@@]21C. The third-order valence-corrected chi connectivity index (χ3v) is 11.2. The first-order valence-electron chi connectivity index (χ1n) is 13.8. The molecule has 5 nitrogen and oxygen atoms in total. The zero-order chi connectivity index (χ0) is 24.1. The molecule has 188 valence electrons. The number of rotatable bonds is 5. The molecule has 4 aliphatic carbocycles. The van der Waals surface area contributed by atoms with Crippen LogP contribution in [-0.4, -0.2) is 33.3 Å². The number of hydrogen-bond acceptors (Lipinski definition) is 4. The van der Waals surface area contributed by atoms with Gasteiger partial charge in [0.1, 0.15) is 0 Å². The Kier molecular flexibility index (Phi) is 6.56. The topological polar surface area (TPSA) is 82.5 Å². The summed E-state index contributed by atoms with van der Waals surface area (Å²) in [7, 11) is 0. The van der Waals surface area contributed by atoms with Crippen LogP contribution in [0.5, 0.6) is 0 Å². The van der Waals surface area contributed by atoms with Crippen molar-refractivity contribution in [3.8, 4) is 0 Å². The van der Waals surface area contributed by atoms with Crippen molar-refractivity contribution in [2.45, 2.75) is 97.2 Å². The van der Waals surface area contributed by atoms with E-state index < -0.39 is 0 Å². The molecule has 3 N–H and O–H groups in total.